The van der Waals surface area contributed by atoms with Crippen molar-refractivity contribution in [2.24, 2.45) is 16.3 Å². The van der Waals surface area contributed by atoms with Crippen LogP contribution in [-0.4, -0.2) is 35.8 Å². The average molecular weight is 245 g/mol. The molecule has 0 amide bonds. The van der Waals surface area contributed by atoms with Gasteiger partial charge in [-0.15, -0.1) is 0 Å². The molecule has 5 heteroatoms. The Morgan fingerprint density at radius 3 is 2.41 bits per heavy atom. The second-order valence-electron chi connectivity index (χ2n) is 5.01. The number of rotatable bonds is 10. The van der Waals surface area contributed by atoms with Crippen LogP contribution in [0.15, 0.2) is 5.16 Å². The minimum absolute atomic E-state index is 0.265. The molecule has 0 heterocycles. The van der Waals surface area contributed by atoms with Gasteiger partial charge in [0.2, 0.25) is 0 Å². The molecule has 0 saturated heterocycles. The summed E-state index contributed by atoms with van der Waals surface area (Å²) in [6.07, 6.45) is 5.12. The summed E-state index contributed by atoms with van der Waals surface area (Å²) >= 11 is 0. The third kappa shape index (κ3) is 7.99. The minimum atomic E-state index is -0.265. The highest BCUT2D eigenvalue weighted by molar-refractivity contribution is 5.85. The topological polar surface area (TPSA) is 90.9 Å². The van der Waals surface area contributed by atoms with Crippen LogP contribution in [0.5, 0.6) is 0 Å². The maximum atomic E-state index is 8.62. The smallest absolute Gasteiger partial charge is 0.144 e. The molecule has 5 nitrogen and oxygen atoms in total. The summed E-state index contributed by atoms with van der Waals surface area (Å²) in [6, 6.07) is 0. The van der Waals surface area contributed by atoms with Crippen molar-refractivity contribution in [2.75, 3.05) is 19.7 Å². The predicted molar refractivity (Wildman–Crippen MR) is 70.2 cm³/mol. The van der Waals surface area contributed by atoms with Crippen LogP contribution in [0.2, 0.25) is 0 Å². The highest BCUT2D eigenvalue weighted by Gasteiger charge is 2.22. The molecule has 0 radical (unpaired) electrons. The van der Waals surface area contributed by atoms with E-state index in [0.29, 0.717) is 6.61 Å². The molecule has 0 aromatic carbocycles. The molecule has 17 heavy (non-hydrogen) atoms. The molecular formula is C12H27N3O2. The molecule has 5 N–H and O–H groups in total. The first-order valence-corrected chi connectivity index (χ1v) is 6.34. The number of oxime groups is 1. The van der Waals surface area contributed by atoms with E-state index in [4.69, 9.17) is 16.0 Å². The number of hydrogen-bond donors (Lipinski definition) is 4. The van der Waals surface area contributed by atoms with Crippen molar-refractivity contribution in [3.63, 3.8) is 0 Å². The highest BCUT2D eigenvalue weighted by Crippen LogP contribution is 2.19. The van der Waals surface area contributed by atoms with E-state index in [2.05, 4.69) is 10.5 Å². The number of unbranched alkanes of at least 4 members (excludes halogenated alkanes) is 3. The molecule has 0 spiro atoms. The van der Waals surface area contributed by atoms with E-state index >= 15 is 0 Å². The molecule has 0 aromatic heterocycles. The largest absolute Gasteiger partial charge is 0.409 e. The first-order valence-electron chi connectivity index (χ1n) is 6.34. The molecule has 0 aliphatic carbocycles. The first kappa shape index (κ1) is 16.2. The zero-order valence-electron chi connectivity index (χ0n) is 11.1. The zero-order chi connectivity index (χ0) is 13.1. The second kappa shape index (κ2) is 9.24. The number of nitrogens with zero attached hydrogens (tertiary/aromatic N) is 1. The third-order valence-corrected chi connectivity index (χ3v) is 2.99. The number of hydrogen-bond acceptors (Lipinski definition) is 4. The van der Waals surface area contributed by atoms with Crippen LogP contribution in [0.4, 0.5) is 0 Å². The van der Waals surface area contributed by atoms with Gasteiger partial charge in [0, 0.05) is 12.0 Å². The maximum Gasteiger partial charge on any atom is 0.144 e. The summed E-state index contributed by atoms with van der Waals surface area (Å²) in [4.78, 5) is 0. The Morgan fingerprint density at radius 1 is 1.18 bits per heavy atom. The molecular weight excluding hydrogens is 218 g/mol. The molecule has 0 bridgehead atoms. The molecule has 0 fully saturated rings. The molecule has 0 unspecified atom stereocenters. The van der Waals surface area contributed by atoms with Gasteiger partial charge in [0.05, 0.1) is 0 Å². The van der Waals surface area contributed by atoms with Gasteiger partial charge in [0.15, 0.2) is 0 Å². The molecule has 0 atom stereocenters. The van der Waals surface area contributed by atoms with Gasteiger partial charge in [-0.1, -0.05) is 31.8 Å². The Morgan fingerprint density at radius 2 is 1.82 bits per heavy atom. The van der Waals surface area contributed by atoms with E-state index in [0.717, 1.165) is 45.2 Å². The molecule has 102 valence electrons. The molecule has 0 aromatic rings. The predicted octanol–water partition coefficient (Wildman–Crippen LogP) is 1.29. The van der Waals surface area contributed by atoms with Crippen molar-refractivity contribution in [2.45, 2.75) is 46.0 Å². The normalized spacial score (nSPS) is 13.0. The number of amidine groups is 1. The molecule has 0 rings (SSSR count). The Kier molecular flexibility index (Phi) is 8.80. The lowest BCUT2D eigenvalue weighted by molar-refractivity contribution is 0.282. The van der Waals surface area contributed by atoms with Crippen LogP contribution < -0.4 is 11.1 Å². The quantitative estimate of drug-likeness (QED) is 0.153. The van der Waals surface area contributed by atoms with E-state index in [1.165, 1.54) is 0 Å². The highest BCUT2D eigenvalue weighted by atomic mass is 16.4. The summed E-state index contributed by atoms with van der Waals surface area (Å²) in [5, 5.41) is 23.6. The average Bonchev–Trinajstić information content (AvgIpc) is 2.31. The fourth-order valence-electron chi connectivity index (χ4n) is 1.50. The van der Waals surface area contributed by atoms with Gasteiger partial charge in [0.25, 0.3) is 0 Å². The fourth-order valence-corrected chi connectivity index (χ4v) is 1.50. The second-order valence-corrected chi connectivity index (χ2v) is 5.01. The van der Waals surface area contributed by atoms with E-state index < -0.39 is 0 Å². The number of nitrogens with one attached hydrogen (secondary N) is 1. The minimum Gasteiger partial charge on any atom is -0.409 e. The number of nitrogens with two attached hydrogens (primary N) is 1. The Hall–Kier alpha value is -0.810. The van der Waals surface area contributed by atoms with Crippen LogP contribution in [0.25, 0.3) is 0 Å². The Bertz CT molecular complexity index is 218. The standard InChI is InChI=1S/C12H27N3O2/c1-12(2,11(13)15-17)7-9-14-8-5-3-4-6-10-16/h14,16-17H,3-10H2,1-2H3,(H2,13,15). The van der Waals surface area contributed by atoms with Crippen molar-refractivity contribution < 1.29 is 10.3 Å². The van der Waals surface area contributed by atoms with Crippen LogP contribution in [0, 0.1) is 5.41 Å². The fraction of sp³-hybridized carbons (Fsp3) is 0.917. The number of aliphatic hydroxyl groups excluding tert-OH is 1. The van der Waals surface area contributed by atoms with Gasteiger partial charge in [-0.2, -0.15) is 0 Å². The van der Waals surface area contributed by atoms with Crippen molar-refractivity contribution in [3.05, 3.63) is 0 Å². The summed E-state index contributed by atoms with van der Waals surface area (Å²) in [5.74, 6) is 0.280. The van der Waals surface area contributed by atoms with E-state index in [1.54, 1.807) is 0 Å². The Labute approximate surface area is 104 Å². The van der Waals surface area contributed by atoms with Gasteiger partial charge < -0.3 is 21.4 Å². The van der Waals surface area contributed by atoms with Crippen molar-refractivity contribution in [1.29, 1.82) is 0 Å². The molecule has 0 aliphatic heterocycles. The lowest BCUT2D eigenvalue weighted by atomic mass is 9.88. The Balaban J connectivity index is 3.45. The van der Waals surface area contributed by atoms with Crippen molar-refractivity contribution in [3.8, 4) is 0 Å². The summed E-state index contributed by atoms with van der Waals surface area (Å²) in [5.41, 5.74) is 5.33. The van der Waals surface area contributed by atoms with Gasteiger partial charge >= 0.3 is 0 Å². The molecule has 0 aliphatic rings. The summed E-state index contributed by atoms with van der Waals surface area (Å²) in [6.45, 7) is 6.07. The molecule has 0 saturated carbocycles. The first-order chi connectivity index (χ1) is 8.04. The lowest BCUT2D eigenvalue weighted by Crippen LogP contribution is -2.35. The van der Waals surface area contributed by atoms with Gasteiger partial charge in [-0.05, 0) is 32.4 Å². The zero-order valence-corrected chi connectivity index (χ0v) is 11.1. The summed E-state index contributed by atoms with van der Waals surface area (Å²) < 4.78 is 0. The maximum absolute atomic E-state index is 8.62. The van der Waals surface area contributed by atoms with Gasteiger partial charge in [0.1, 0.15) is 5.84 Å². The SMILES string of the molecule is CC(C)(CCNCCCCCCO)C(N)=NO. The van der Waals surface area contributed by atoms with Crippen molar-refractivity contribution in [1.82, 2.24) is 5.32 Å². The van der Waals surface area contributed by atoms with Crippen LogP contribution in [-0.2, 0) is 0 Å². The monoisotopic (exact) mass is 245 g/mol. The van der Waals surface area contributed by atoms with E-state index in [-0.39, 0.29) is 11.3 Å². The van der Waals surface area contributed by atoms with E-state index in [1.807, 2.05) is 13.8 Å². The lowest BCUT2D eigenvalue weighted by Gasteiger charge is -2.22. The van der Waals surface area contributed by atoms with Crippen LogP contribution in [0.1, 0.15) is 46.0 Å². The van der Waals surface area contributed by atoms with E-state index in [9.17, 15) is 0 Å². The summed E-state index contributed by atoms with van der Waals surface area (Å²) in [7, 11) is 0. The van der Waals surface area contributed by atoms with Gasteiger partial charge in [-0.3, -0.25) is 0 Å². The van der Waals surface area contributed by atoms with Crippen LogP contribution in [0.3, 0.4) is 0 Å². The van der Waals surface area contributed by atoms with Gasteiger partial charge in [-0.25, -0.2) is 0 Å². The van der Waals surface area contributed by atoms with Crippen molar-refractivity contribution >= 4 is 5.84 Å². The third-order valence-electron chi connectivity index (χ3n) is 2.99. The van der Waals surface area contributed by atoms with Crippen LogP contribution >= 0.6 is 0 Å². The number of aliphatic hydroxyl groups is 1.